The second kappa shape index (κ2) is 7.21. The Morgan fingerprint density at radius 2 is 1.91 bits per heavy atom. The van der Waals surface area contributed by atoms with Crippen molar-refractivity contribution in [1.82, 2.24) is 9.80 Å². The van der Waals surface area contributed by atoms with Crippen LogP contribution in [0.4, 0.5) is 0 Å². The van der Waals surface area contributed by atoms with Gasteiger partial charge in [-0.1, -0.05) is 18.2 Å². The first kappa shape index (κ1) is 16.9. The van der Waals surface area contributed by atoms with Crippen molar-refractivity contribution in [2.24, 2.45) is 0 Å². The first-order valence-corrected chi connectivity index (χ1v) is 8.97. The number of benzene rings is 1. The fourth-order valence-electron chi connectivity index (χ4n) is 2.54. The molecule has 1 aromatic carbocycles. The van der Waals surface area contributed by atoms with Crippen LogP contribution < -0.4 is 0 Å². The monoisotopic (exact) mass is 326 g/mol. The molecule has 0 spiro atoms. The van der Waals surface area contributed by atoms with E-state index in [4.69, 9.17) is 0 Å². The van der Waals surface area contributed by atoms with Crippen molar-refractivity contribution in [1.29, 1.82) is 0 Å². The van der Waals surface area contributed by atoms with E-state index in [9.17, 15) is 18.3 Å². The Labute approximate surface area is 131 Å². The molecule has 2 rings (SSSR count). The van der Waals surface area contributed by atoms with Crippen LogP contribution >= 0.6 is 0 Å². The van der Waals surface area contributed by atoms with Gasteiger partial charge in [-0.2, -0.15) is 0 Å². The van der Waals surface area contributed by atoms with Gasteiger partial charge in [0.15, 0.2) is 9.84 Å². The van der Waals surface area contributed by atoms with E-state index in [1.165, 1.54) is 6.92 Å². The van der Waals surface area contributed by atoms with Gasteiger partial charge in [-0.25, -0.2) is 8.42 Å². The summed E-state index contributed by atoms with van der Waals surface area (Å²) in [6.07, 6.45) is -0.647. The molecule has 122 valence electrons. The lowest BCUT2D eigenvalue weighted by molar-refractivity contribution is -0.129. The maximum atomic E-state index is 12.3. The van der Waals surface area contributed by atoms with Crippen molar-refractivity contribution < 1.29 is 18.3 Å². The van der Waals surface area contributed by atoms with Gasteiger partial charge in [0.1, 0.15) is 0 Å². The van der Waals surface area contributed by atoms with Crippen LogP contribution in [0.5, 0.6) is 0 Å². The third kappa shape index (κ3) is 4.53. The summed E-state index contributed by atoms with van der Waals surface area (Å²) in [5, 5.41) is 9.94. The normalized spacial score (nSPS) is 20.6. The zero-order chi connectivity index (χ0) is 16.2. The molecule has 1 amide bonds. The molecule has 0 aromatic heterocycles. The summed E-state index contributed by atoms with van der Waals surface area (Å²) in [6.45, 7) is 3.59. The maximum absolute atomic E-state index is 12.3. The van der Waals surface area contributed by atoms with Crippen molar-refractivity contribution >= 4 is 15.7 Å². The van der Waals surface area contributed by atoms with Crippen molar-refractivity contribution in [2.75, 3.05) is 38.5 Å². The zero-order valence-corrected chi connectivity index (χ0v) is 13.5. The van der Waals surface area contributed by atoms with E-state index < -0.39 is 15.9 Å². The van der Waals surface area contributed by atoms with Gasteiger partial charge >= 0.3 is 0 Å². The summed E-state index contributed by atoms with van der Waals surface area (Å²) in [7, 11) is -3.32. The van der Waals surface area contributed by atoms with Crippen LogP contribution in [0.15, 0.2) is 35.2 Å². The van der Waals surface area contributed by atoms with Gasteiger partial charge in [0.05, 0.1) is 16.8 Å². The standard InChI is InChI=1S/C15H22N2O4S/c1-13(18)17-8-7-16(11-14(19)12-17)9-10-22(20,21)15-5-3-2-4-6-15/h2-6,14,19H,7-12H2,1H3/t14-/m1/s1. The molecule has 0 unspecified atom stereocenters. The van der Waals surface area contributed by atoms with Crippen molar-refractivity contribution in [2.45, 2.75) is 17.9 Å². The van der Waals surface area contributed by atoms with Gasteiger partial charge < -0.3 is 10.0 Å². The molecule has 0 aliphatic carbocycles. The molecule has 6 nitrogen and oxygen atoms in total. The Balaban J connectivity index is 1.95. The van der Waals surface area contributed by atoms with E-state index in [2.05, 4.69) is 0 Å². The maximum Gasteiger partial charge on any atom is 0.219 e. The number of hydrogen-bond acceptors (Lipinski definition) is 5. The highest BCUT2D eigenvalue weighted by Gasteiger charge is 2.24. The number of rotatable bonds is 4. The summed E-state index contributed by atoms with van der Waals surface area (Å²) in [6, 6.07) is 8.36. The molecule has 1 aromatic rings. The van der Waals surface area contributed by atoms with Crippen LogP contribution in [0.2, 0.25) is 0 Å². The van der Waals surface area contributed by atoms with E-state index >= 15 is 0 Å². The molecule has 0 saturated carbocycles. The highest BCUT2D eigenvalue weighted by atomic mass is 32.2. The Hall–Kier alpha value is -1.44. The number of nitrogens with zero attached hydrogens (tertiary/aromatic N) is 2. The molecular formula is C15H22N2O4S. The Morgan fingerprint density at radius 1 is 1.23 bits per heavy atom. The topological polar surface area (TPSA) is 77.9 Å². The van der Waals surface area contributed by atoms with E-state index in [-0.39, 0.29) is 11.7 Å². The molecular weight excluding hydrogens is 304 g/mol. The molecule has 22 heavy (non-hydrogen) atoms. The number of amides is 1. The molecule has 7 heteroatoms. The van der Waals surface area contributed by atoms with Gasteiger partial charge in [-0.15, -0.1) is 0 Å². The molecule has 1 atom stereocenters. The SMILES string of the molecule is CC(=O)N1CCN(CCS(=O)(=O)c2ccccc2)C[C@@H](O)C1. The molecule has 0 bridgehead atoms. The fraction of sp³-hybridized carbons (Fsp3) is 0.533. The average Bonchev–Trinajstić information content (AvgIpc) is 2.68. The molecule has 1 aliphatic heterocycles. The number of aliphatic hydroxyl groups is 1. The van der Waals surface area contributed by atoms with Crippen molar-refractivity contribution in [3.63, 3.8) is 0 Å². The number of sulfone groups is 1. The second-order valence-corrected chi connectivity index (χ2v) is 7.66. The summed E-state index contributed by atoms with van der Waals surface area (Å²) >= 11 is 0. The molecule has 1 aliphatic rings. The van der Waals surface area contributed by atoms with Gasteiger partial charge in [-0.3, -0.25) is 9.69 Å². The first-order valence-electron chi connectivity index (χ1n) is 7.32. The smallest absolute Gasteiger partial charge is 0.219 e. The van der Waals surface area contributed by atoms with Gasteiger partial charge in [0.2, 0.25) is 5.91 Å². The highest BCUT2D eigenvalue weighted by molar-refractivity contribution is 7.91. The molecule has 1 heterocycles. The number of β-amino-alcohol motifs (C(OH)–C–C–N with tert-alkyl or cyclic N) is 1. The van der Waals surface area contributed by atoms with Crippen molar-refractivity contribution in [3.05, 3.63) is 30.3 Å². The largest absolute Gasteiger partial charge is 0.390 e. The van der Waals surface area contributed by atoms with Gasteiger partial charge in [0, 0.05) is 39.6 Å². The van der Waals surface area contributed by atoms with Gasteiger partial charge in [-0.05, 0) is 12.1 Å². The second-order valence-electron chi connectivity index (χ2n) is 5.55. The number of carbonyl (C=O) groups excluding carboxylic acids is 1. The lowest BCUT2D eigenvalue weighted by Gasteiger charge is -2.20. The van der Waals surface area contributed by atoms with Crippen LogP contribution in [-0.2, 0) is 14.6 Å². The number of carbonyl (C=O) groups is 1. The fourth-order valence-corrected chi connectivity index (χ4v) is 3.85. The minimum atomic E-state index is -3.32. The molecule has 1 saturated heterocycles. The number of hydrogen-bond donors (Lipinski definition) is 1. The van der Waals surface area contributed by atoms with Crippen LogP contribution in [0.1, 0.15) is 6.92 Å². The predicted molar refractivity (Wildman–Crippen MR) is 83.2 cm³/mol. The third-order valence-corrected chi connectivity index (χ3v) is 5.52. The molecule has 0 radical (unpaired) electrons. The Morgan fingerprint density at radius 3 is 2.55 bits per heavy atom. The summed E-state index contributed by atoms with van der Waals surface area (Å²) < 4.78 is 24.5. The van der Waals surface area contributed by atoms with Crippen LogP contribution in [0.25, 0.3) is 0 Å². The zero-order valence-electron chi connectivity index (χ0n) is 12.7. The average molecular weight is 326 g/mol. The minimum Gasteiger partial charge on any atom is -0.390 e. The van der Waals surface area contributed by atoms with Gasteiger partial charge in [0.25, 0.3) is 0 Å². The lowest BCUT2D eigenvalue weighted by Crippen LogP contribution is -2.36. The van der Waals surface area contributed by atoms with E-state index in [1.807, 2.05) is 4.90 Å². The summed E-state index contributed by atoms with van der Waals surface area (Å²) in [5.74, 6) is -0.0677. The summed E-state index contributed by atoms with van der Waals surface area (Å²) in [4.78, 5) is 15.2. The minimum absolute atomic E-state index is 0.00377. The summed E-state index contributed by atoms with van der Waals surface area (Å²) in [5.41, 5.74) is 0. The van der Waals surface area contributed by atoms with E-state index in [1.54, 1.807) is 35.2 Å². The Kier molecular flexibility index (Phi) is 5.55. The number of aliphatic hydroxyl groups excluding tert-OH is 1. The van der Waals surface area contributed by atoms with Crippen LogP contribution in [-0.4, -0.2) is 73.8 Å². The molecule has 1 N–H and O–H groups in total. The predicted octanol–water partition coefficient (Wildman–Crippen LogP) is -0.0147. The third-order valence-electron chi connectivity index (χ3n) is 3.81. The molecule has 1 fully saturated rings. The van der Waals surface area contributed by atoms with Crippen LogP contribution in [0.3, 0.4) is 0 Å². The van der Waals surface area contributed by atoms with Crippen molar-refractivity contribution in [3.8, 4) is 0 Å². The first-order chi connectivity index (χ1) is 10.4. The van der Waals surface area contributed by atoms with E-state index in [0.29, 0.717) is 37.6 Å². The van der Waals surface area contributed by atoms with E-state index in [0.717, 1.165) is 0 Å². The highest BCUT2D eigenvalue weighted by Crippen LogP contribution is 2.11. The lowest BCUT2D eigenvalue weighted by atomic mass is 10.3. The Bertz CT molecular complexity index is 603. The quantitative estimate of drug-likeness (QED) is 0.842. The van der Waals surface area contributed by atoms with Crippen LogP contribution in [0, 0.1) is 0 Å².